The fourth-order valence-corrected chi connectivity index (χ4v) is 2.76. The Labute approximate surface area is 109 Å². The van der Waals surface area contributed by atoms with Crippen LogP contribution in [0, 0.1) is 5.92 Å². The molecule has 2 atom stereocenters. The van der Waals surface area contributed by atoms with E-state index in [9.17, 15) is 19.5 Å². The standard InChI is InChI=1S/C11H25N2O4P/c1-6-12(8-18(5,16)17)10(4)11(14)13(15)7-9(2)3/h9-10,15H,6-8H2,1-5H3,(H,16,17). The fourth-order valence-electron chi connectivity index (χ4n) is 1.64. The minimum Gasteiger partial charge on any atom is -0.344 e. The molecule has 6 nitrogen and oxygen atoms in total. The van der Waals surface area contributed by atoms with Crippen LogP contribution < -0.4 is 0 Å². The summed E-state index contributed by atoms with van der Waals surface area (Å²) in [5, 5.41) is 10.3. The summed E-state index contributed by atoms with van der Waals surface area (Å²) in [5.74, 6) is -0.282. The molecular formula is C11H25N2O4P. The van der Waals surface area contributed by atoms with Crippen LogP contribution in [-0.4, -0.2) is 58.1 Å². The molecule has 0 aromatic heterocycles. The number of hydrogen-bond donors (Lipinski definition) is 2. The van der Waals surface area contributed by atoms with Gasteiger partial charge in [-0.25, -0.2) is 5.06 Å². The van der Waals surface area contributed by atoms with Gasteiger partial charge in [-0.15, -0.1) is 0 Å². The number of carbonyl (C=O) groups excluding carboxylic acids is 1. The van der Waals surface area contributed by atoms with E-state index in [2.05, 4.69) is 0 Å². The van der Waals surface area contributed by atoms with Crippen molar-refractivity contribution in [2.24, 2.45) is 5.92 Å². The third-order valence-corrected chi connectivity index (χ3v) is 3.44. The van der Waals surface area contributed by atoms with Crippen LogP contribution in [0.25, 0.3) is 0 Å². The molecule has 2 N–H and O–H groups in total. The molecule has 0 aliphatic carbocycles. The number of carbonyl (C=O) groups is 1. The van der Waals surface area contributed by atoms with E-state index in [4.69, 9.17) is 0 Å². The predicted molar refractivity (Wildman–Crippen MR) is 70.8 cm³/mol. The highest BCUT2D eigenvalue weighted by Gasteiger charge is 2.28. The molecule has 2 unspecified atom stereocenters. The summed E-state index contributed by atoms with van der Waals surface area (Å²) in [5.41, 5.74) is 0. The van der Waals surface area contributed by atoms with Gasteiger partial charge in [0.15, 0.2) is 0 Å². The summed E-state index contributed by atoms with van der Waals surface area (Å²) >= 11 is 0. The average Bonchev–Trinajstić information content (AvgIpc) is 2.21. The van der Waals surface area contributed by atoms with Gasteiger partial charge in [-0.3, -0.25) is 19.5 Å². The maximum absolute atomic E-state index is 11.9. The highest BCUT2D eigenvalue weighted by atomic mass is 31.2. The zero-order valence-corrected chi connectivity index (χ0v) is 12.7. The van der Waals surface area contributed by atoms with Crippen LogP contribution in [0.15, 0.2) is 0 Å². The van der Waals surface area contributed by atoms with Gasteiger partial charge in [0.2, 0.25) is 7.37 Å². The molecule has 0 rings (SSSR count). The summed E-state index contributed by atoms with van der Waals surface area (Å²) in [7, 11) is -3.22. The van der Waals surface area contributed by atoms with Crippen molar-refractivity contribution in [3.05, 3.63) is 0 Å². The van der Waals surface area contributed by atoms with Crippen LogP contribution in [0.4, 0.5) is 0 Å². The fraction of sp³-hybridized carbons (Fsp3) is 0.909. The summed E-state index contributed by atoms with van der Waals surface area (Å²) in [6.07, 6.45) is -0.0497. The van der Waals surface area contributed by atoms with E-state index in [-0.39, 0.29) is 18.7 Å². The lowest BCUT2D eigenvalue weighted by Gasteiger charge is -2.30. The second-order valence-electron chi connectivity index (χ2n) is 5.09. The van der Waals surface area contributed by atoms with Crippen molar-refractivity contribution in [1.82, 2.24) is 9.96 Å². The molecule has 0 saturated carbocycles. The van der Waals surface area contributed by atoms with Gasteiger partial charge in [-0.1, -0.05) is 20.8 Å². The molecular weight excluding hydrogens is 255 g/mol. The predicted octanol–water partition coefficient (Wildman–Crippen LogP) is 1.43. The molecule has 108 valence electrons. The summed E-state index contributed by atoms with van der Waals surface area (Å²) < 4.78 is 11.4. The summed E-state index contributed by atoms with van der Waals surface area (Å²) in [6.45, 7) is 9.22. The molecule has 0 aromatic rings. The molecule has 1 amide bonds. The molecule has 18 heavy (non-hydrogen) atoms. The van der Waals surface area contributed by atoms with Crippen molar-refractivity contribution in [2.75, 3.05) is 26.0 Å². The largest absolute Gasteiger partial charge is 0.344 e. The number of likely N-dealkylation sites (N-methyl/N-ethyl adjacent to an activating group) is 1. The van der Waals surface area contributed by atoms with Gasteiger partial charge in [0.05, 0.1) is 18.9 Å². The summed E-state index contributed by atoms with van der Waals surface area (Å²) in [4.78, 5) is 22.9. The van der Waals surface area contributed by atoms with Crippen molar-refractivity contribution in [1.29, 1.82) is 0 Å². The normalized spacial score (nSPS) is 16.7. The molecule has 0 aliphatic heterocycles. The molecule has 0 fully saturated rings. The first-order valence-corrected chi connectivity index (χ1v) is 8.41. The van der Waals surface area contributed by atoms with Gasteiger partial charge >= 0.3 is 0 Å². The molecule has 0 saturated heterocycles. The smallest absolute Gasteiger partial charge is 0.262 e. The van der Waals surface area contributed by atoms with E-state index in [0.29, 0.717) is 11.6 Å². The van der Waals surface area contributed by atoms with Crippen molar-refractivity contribution in [2.45, 2.75) is 33.7 Å². The number of hydroxylamine groups is 2. The van der Waals surface area contributed by atoms with E-state index in [1.165, 1.54) is 6.66 Å². The number of nitrogens with zero attached hydrogens (tertiary/aromatic N) is 2. The Morgan fingerprint density at radius 2 is 1.83 bits per heavy atom. The molecule has 0 aliphatic rings. The van der Waals surface area contributed by atoms with Gasteiger partial charge in [0.1, 0.15) is 0 Å². The monoisotopic (exact) mass is 280 g/mol. The van der Waals surface area contributed by atoms with Crippen molar-refractivity contribution in [3.8, 4) is 0 Å². The lowest BCUT2D eigenvalue weighted by molar-refractivity contribution is -0.172. The van der Waals surface area contributed by atoms with Gasteiger partial charge in [0, 0.05) is 6.66 Å². The Balaban J connectivity index is 4.63. The summed E-state index contributed by atoms with van der Waals surface area (Å²) in [6, 6.07) is -0.612. The molecule has 0 spiro atoms. The number of amides is 1. The maximum Gasteiger partial charge on any atom is 0.262 e. The zero-order valence-electron chi connectivity index (χ0n) is 11.8. The third kappa shape index (κ3) is 6.50. The third-order valence-electron chi connectivity index (χ3n) is 2.55. The first kappa shape index (κ1) is 17.6. The van der Waals surface area contributed by atoms with Gasteiger partial charge in [-0.05, 0) is 19.4 Å². The zero-order chi connectivity index (χ0) is 14.5. The van der Waals surface area contributed by atoms with E-state index >= 15 is 0 Å². The minimum atomic E-state index is -3.22. The van der Waals surface area contributed by atoms with Gasteiger partial charge < -0.3 is 4.89 Å². The first-order valence-electron chi connectivity index (χ1n) is 6.12. The average molecular weight is 280 g/mol. The number of hydrogen-bond acceptors (Lipinski definition) is 4. The van der Waals surface area contributed by atoms with Crippen LogP contribution in [0.1, 0.15) is 27.7 Å². The SMILES string of the molecule is CCN(CP(C)(=O)O)C(C)C(=O)N(O)CC(C)C. The first-order chi connectivity index (χ1) is 8.08. The van der Waals surface area contributed by atoms with Crippen molar-refractivity contribution in [3.63, 3.8) is 0 Å². The Hall–Kier alpha value is -0.420. The Morgan fingerprint density at radius 1 is 1.33 bits per heavy atom. The Bertz CT molecular complexity index is 316. The molecule has 0 bridgehead atoms. The van der Waals surface area contributed by atoms with Crippen molar-refractivity contribution < 1.29 is 19.5 Å². The second-order valence-corrected chi connectivity index (χ2v) is 7.47. The van der Waals surface area contributed by atoms with Crippen LogP contribution in [0.5, 0.6) is 0 Å². The van der Waals surface area contributed by atoms with E-state index in [1.54, 1.807) is 11.8 Å². The molecule has 0 heterocycles. The topological polar surface area (TPSA) is 81.1 Å². The van der Waals surface area contributed by atoms with Gasteiger partial charge in [0.25, 0.3) is 5.91 Å². The quantitative estimate of drug-likeness (QED) is 0.419. The Morgan fingerprint density at radius 3 is 2.17 bits per heavy atom. The van der Waals surface area contributed by atoms with E-state index < -0.39 is 19.3 Å². The highest BCUT2D eigenvalue weighted by Crippen LogP contribution is 2.36. The maximum atomic E-state index is 11.9. The van der Waals surface area contributed by atoms with Crippen LogP contribution in [0.3, 0.4) is 0 Å². The minimum absolute atomic E-state index is 0.0497. The van der Waals surface area contributed by atoms with Crippen LogP contribution in [-0.2, 0) is 9.36 Å². The lowest BCUT2D eigenvalue weighted by atomic mass is 10.2. The van der Waals surface area contributed by atoms with E-state index in [1.807, 2.05) is 20.8 Å². The van der Waals surface area contributed by atoms with E-state index in [0.717, 1.165) is 0 Å². The van der Waals surface area contributed by atoms with Crippen LogP contribution in [0.2, 0.25) is 0 Å². The second kappa shape index (κ2) is 7.24. The molecule has 0 radical (unpaired) electrons. The lowest BCUT2D eigenvalue weighted by Crippen LogP contribution is -2.47. The highest BCUT2D eigenvalue weighted by molar-refractivity contribution is 7.57. The van der Waals surface area contributed by atoms with Crippen LogP contribution >= 0.6 is 7.37 Å². The Kier molecular flexibility index (Phi) is 7.07. The molecule has 0 aromatic carbocycles. The van der Waals surface area contributed by atoms with Crippen molar-refractivity contribution >= 4 is 13.3 Å². The van der Waals surface area contributed by atoms with Gasteiger partial charge in [-0.2, -0.15) is 0 Å². The number of rotatable bonds is 7. The molecule has 7 heteroatoms.